The highest BCUT2D eigenvalue weighted by Crippen LogP contribution is 2.22. The summed E-state index contributed by atoms with van der Waals surface area (Å²) in [5, 5.41) is 4.54. The molecule has 40 heavy (non-hydrogen) atoms. The Morgan fingerprint density at radius 1 is 0.850 bits per heavy atom. The van der Waals surface area contributed by atoms with Crippen LogP contribution in [0.3, 0.4) is 0 Å². The van der Waals surface area contributed by atoms with E-state index in [9.17, 15) is 9.18 Å². The van der Waals surface area contributed by atoms with Gasteiger partial charge < -0.3 is 19.2 Å². The van der Waals surface area contributed by atoms with Crippen molar-refractivity contribution in [3.05, 3.63) is 71.2 Å². The van der Waals surface area contributed by atoms with Crippen molar-refractivity contribution in [2.45, 2.75) is 105 Å². The van der Waals surface area contributed by atoms with Crippen LogP contribution in [0.15, 0.2) is 52.9 Å². The number of ether oxygens (including phenoxy) is 2. The molecule has 0 spiro atoms. The van der Waals surface area contributed by atoms with E-state index in [1.54, 1.807) is 0 Å². The smallest absolute Gasteiger partial charge is 0.306 e. The molecule has 1 N–H and O–H groups in total. The zero-order valence-electron chi connectivity index (χ0n) is 25.3. The van der Waals surface area contributed by atoms with Crippen LogP contribution in [0.4, 0.5) is 4.39 Å². The third-order valence-corrected chi connectivity index (χ3v) is 6.30. The average Bonchev–Trinajstić information content (AvgIpc) is 3.33. The third-order valence-electron chi connectivity index (χ3n) is 6.30. The fourth-order valence-electron chi connectivity index (χ4n) is 4.33. The van der Waals surface area contributed by atoms with Crippen molar-refractivity contribution in [2.75, 3.05) is 19.8 Å². The monoisotopic (exact) mass is 555 g/mol. The molecule has 0 unspecified atom stereocenters. The van der Waals surface area contributed by atoms with Crippen molar-refractivity contribution < 1.29 is 23.1 Å². The molecule has 222 valence electrons. The van der Waals surface area contributed by atoms with E-state index in [-0.39, 0.29) is 17.4 Å². The molecule has 6 heteroatoms. The van der Waals surface area contributed by atoms with Gasteiger partial charge in [-0.1, -0.05) is 63.8 Å². The average molecular weight is 556 g/mol. The van der Waals surface area contributed by atoms with Crippen molar-refractivity contribution in [3.8, 4) is 0 Å². The van der Waals surface area contributed by atoms with Crippen LogP contribution >= 0.6 is 0 Å². The minimum atomic E-state index is -0.389. The van der Waals surface area contributed by atoms with E-state index in [1.165, 1.54) is 24.1 Å². The van der Waals surface area contributed by atoms with Gasteiger partial charge in [0.25, 0.3) is 0 Å². The van der Waals surface area contributed by atoms with E-state index in [0.29, 0.717) is 13.0 Å². The van der Waals surface area contributed by atoms with Gasteiger partial charge in [0.2, 0.25) is 0 Å². The van der Waals surface area contributed by atoms with Gasteiger partial charge >= 0.3 is 5.97 Å². The number of carbonyl (C=O) groups excluding carboxylic acids is 1. The standard InChI is InChI=1S/C32H44FNO4.C2H6/c1-32(2,3)38-31(35)10-8-6-4-5-7-9-20-36-21-19-34-24-26-11-15-27-23-29(37-30(27)22-26)18-14-25-12-16-28(33)17-13-25;1-2/h11-13,15-17,22-23,34H,4-10,14,18-21,24H2,1-3H3;1-2H3. The number of benzene rings is 2. The lowest BCUT2D eigenvalue weighted by molar-refractivity contribution is -0.154. The summed E-state index contributed by atoms with van der Waals surface area (Å²) in [7, 11) is 0. The van der Waals surface area contributed by atoms with E-state index in [4.69, 9.17) is 13.9 Å². The van der Waals surface area contributed by atoms with E-state index in [2.05, 4.69) is 29.6 Å². The molecule has 3 rings (SSSR count). The number of aryl methyl sites for hydroxylation is 2. The molecule has 0 fully saturated rings. The largest absolute Gasteiger partial charge is 0.461 e. The summed E-state index contributed by atoms with van der Waals surface area (Å²) in [5.74, 6) is 0.649. The summed E-state index contributed by atoms with van der Waals surface area (Å²) in [4.78, 5) is 11.7. The van der Waals surface area contributed by atoms with Crippen molar-refractivity contribution in [1.29, 1.82) is 0 Å². The Morgan fingerprint density at radius 3 is 2.25 bits per heavy atom. The molecule has 1 aromatic heterocycles. The van der Waals surface area contributed by atoms with Crippen LogP contribution in [-0.4, -0.2) is 31.3 Å². The molecule has 0 aliphatic rings. The molecule has 0 radical (unpaired) electrons. The van der Waals surface area contributed by atoms with Crippen LogP contribution in [0.2, 0.25) is 0 Å². The van der Waals surface area contributed by atoms with E-state index < -0.39 is 0 Å². The Labute approximate surface area is 240 Å². The number of esters is 1. The Kier molecular flexibility index (Phi) is 15.6. The molecule has 3 aromatic rings. The van der Waals surface area contributed by atoms with Gasteiger partial charge in [-0.05, 0) is 75.4 Å². The van der Waals surface area contributed by atoms with Crippen LogP contribution in [0.25, 0.3) is 11.0 Å². The molecule has 1 heterocycles. The lowest BCUT2D eigenvalue weighted by Crippen LogP contribution is -2.23. The number of halogens is 1. The molecule has 0 saturated heterocycles. The molecule has 0 amide bonds. The van der Waals surface area contributed by atoms with E-state index >= 15 is 0 Å². The van der Waals surface area contributed by atoms with Crippen molar-refractivity contribution in [2.24, 2.45) is 0 Å². The molecular formula is C34H50FNO4. The van der Waals surface area contributed by atoms with Crippen LogP contribution < -0.4 is 5.32 Å². The van der Waals surface area contributed by atoms with Crippen LogP contribution in [0.1, 0.15) is 96.5 Å². The normalized spacial score (nSPS) is 11.3. The summed E-state index contributed by atoms with van der Waals surface area (Å²) in [5.41, 5.74) is 2.80. The van der Waals surface area contributed by atoms with Gasteiger partial charge in [-0.25, -0.2) is 4.39 Å². The van der Waals surface area contributed by atoms with Gasteiger partial charge in [-0.2, -0.15) is 0 Å². The molecule has 5 nitrogen and oxygen atoms in total. The number of rotatable bonds is 17. The topological polar surface area (TPSA) is 60.7 Å². The fourth-order valence-corrected chi connectivity index (χ4v) is 4.33. The number of unbranched alkanes of at least 4 members (excludes halogenated alkanes) is 5. The van der Waals surface area contributed by atoms with Crippen LogP contribution in [0.5, 0.6) is 0 Å². The molecule has 0 aliphatic heterocycles. The first-order valence-corrected chi connectivity index (χ1v) is 15.0. The summed E-state index contributed by atoms with van der Waals surface area (Å²) >= 11 is 0. The lowest BCUT2D eigenvalue weighted by atomic mass is 10.1. The maximum Gasteiger partial charge on any atom is 0.306 e. The predicted molar refractivity (Wildman–Crippen MR) is 162 cm³/mol. The SMILES string of the molecule is CC.CC(C)(C)OC(=O)CCCCCCCCOCCNCc1ccc2cc(CCc3ccc(F)cc3)oc2c1. The van der Waals surface area contributed by atoms with Gasteiger partial charge in [0.15, 0.2) is 0 Å². The minimum Gasteiger partial charge on any atom is -0.461 e. The van der Waals surface area contributed by atoms with Gasteiger partial charge in [0.05, 0.1) is 6.61 Å². The Bertz CT molecular complexity index is 1100. The molecule has 0 bridgehead atoms. The second-order valence-corrected chi connectivity index (χ2v) is 11.0. The van der Waals surface area contributed by atoms with Gasteiger partial charge in [0.1, 0.15) is 22.8 Å². The van der Waals surface area contributed by atoms with Crippen LogP contribution in [0, 0.1) is 5.82 Å². The number of furan rings is 1. The Balaban J connectivity index is 0.00000274. The number of hydrogen-bond acceptors (Lipinski definition) is 5. The first-order valence-electron chi connectivity index (χ1n) is 15.0. The molecule has 0 aliphatic carbocycles. The summed E-state index contributed by atoms with van der Waals surface area (Å²) < 4.78 is 30.2. The zero-order valence-corrected chi connectivity index (χ0v) is 25.3. The first-order chi connectivity index (χ1) is 19.3. The first kappa shape index (κ1) is 33.5. The number of carbonyl (C=O) groups is 1. The zero-order chi connectivity index (χ0) is 29.2. The van der Waals surface area contributed by atoms with Gasteiger partial charge in [-0.15, -0.1) is 0 Å². The van der Waals surface area contributed by atoms with Gasteiger partial charge in [0, 0.05) is 37.9 Å². The molecular weight excluding hydrogens is 505 g/mol. The van der Waals surface area contributed by atoms with Crippen LogP contribution in [-0.2, 0) is 33.7 Å². The fraction of sp³-hybridized carbons (Fsp3) is 0.559. The van der Waals surface area contributed by atoms with E-state index in [1.807, 2.05) is 46.8 Å². The molecule has 2 aromatic carbocycles. The maximum absolute atomic E-state index is 13.1. The summed E-state index contributed by atoms with van der Waals surface area (Å²) in [6, 6.07) is 15.1. The minimum absolute atomic E-state index is 0.0925. The maximum atomic E-state index is 13.1. The second kappa shape index (κ2) is 18.6. The highest BCUT2D eigenvalue weighted by Gasteiger charge is 2.15. The summed E-state index contributed by atoms with van der Waals surface area (Å²) in [6.07, 6.45) is 8.68. The number of fused-ring (bicyclic) bond motifs is 1. The Morgan fingerprint density at radius 2 is 1.52 bits per heavy atom. The quantitative estimate of drug-likeness (QED) is 0.134. The van der Waals surface area contributed by atoms with Crippen molar-refractivity contribution >= 4 is 16.9 Å². The second-order valence-electron chi connectivity index (χ2n) is 11.0. The van der Waals surface area contributed by atoms with Crippen molar-refractivity contribution in [3.63, 3.8) is 0 Å². The highest BCUT2D eigenvalue weighted by molar-refractivity contribution is 5.78. The van der Waals surface area contributed by atoms with E-state index in [0.717, 1.165) is 86.9 Å². The predicted octanol–water partition coefficient (Wildman–Crippen LogP) is 8.56. The highest BCUT2D eigenvalue weighted by atomic mass is 19.1. The number of hydrogen-bond donors (Lipinski definition) is 1. The Hall–Kier alpha value is -2.70. The molecule has 0 atom stereocenters. The third kappa shape index (κ3) is 14.1. The number of nitrogens with one attached hydrogen (secondary N) is 1. The lowest BCUT2D eigenvalue weighted by Gasteiger charge is -2.19. The summed E-state index contributed by atoms with van der Waals surface area (Å²) in [6.45, 7) is 12.8. The van der Waals surface area contributed by atoms with Gasteiger partial charge in [-0.3, -0.25) is 4.79 Å². The van der Waals surface area contributed by atoms with Crippen molar-refractivity contribution in [1.82, 2.24) is 5.32 Å². The molecule has 0 saturated carbocycles.